The Morgan fingerprint density at radius 1 is 1.38 bits per heavy atom. The van der Waals surface area contributed by atoms with Gasteiger partial charge in [-0.2, -0.15) is 0 Å². The number of amides is 2. The van der Waals surface area contributed by atoms with E-state index in [9.17, 15) is 9.59 Å². The lowest BCUT2D eigenvalue weighted by molar-refractivity contribution is -0.122. The highest BCUT2D eigenvalue weighted by molar-refractivity contribution is 7.80. The first-order valence-electron chi connectivity index (χ1n) is 7.71. The van der Waals surface area contributed by atoms with Crippen molar-refractivity contribution in [2.45, 2.75) is 12.8 Å². The summed E-state index contributed by atoms with van der Waals surface area (Å²) in [6.45, 7) is 1.17. The van der Waals surface area contributed by atoms with Crippen LogP contribution in [0, 0.1) is 5.92 Å². The molecule has 1 fully saturated rings. The van der Waals surface area contributed by atoms with Crippen LogP contribution < -0.4 is 15.8 Å². The summed E-state index contributed by atoms with van der Waals surface area (Å²) >= 11 is 5.24. The molecule has 0 aromatic heterocycles. The van der Waals surface area contributed by atoms with Gasteiger partial charge >= 0.3 is 0 Å². The van der Waals surface area contributed by atoms with Crippen molar-refractivity contribution in [1.29, 1.82) is 0 Å². The lowest BCUT2D eigenvalue weighted by atomic mass is 9.98. The van der Waals surface area contributed by atoms with Crippen molar-refractivity contribution in [2.75, 3.05) is 20.2 Å². The maximum atomic E-state index is 12.0. The quantitative estimate of drug-likeness (QED) is 0.634. The first kappa shape index (κ1) is 17.9. The molecule has 0 spiro atoms. The number of methoxy groups -OCH3 is 1. The summed E-state index contributed by atoms with van der Waals surface area (Å²) in [6, 6.07) is 7.34. The van der Waals surface area contributed by atoms with Crippen LogP contribution in [-0.4, -0.2) is 42.0 Å². The number of benzene rings is 1. The molecule has 6 nitrogen and oxygen atoms in total. The average molecular weight is 347 g/mol. The number of primary amides is 1. The summed E-state index contributed by atoms with van der Waals surface area (Å²) in [5.41, 5.74) is 6.23. The van der Waals surface area contributed by atoms with Crippen molar-refractivity contribution in [3.63, 3.8) is 0 Å². The SMILES string of the molecule is COc1ccc(/C=C/C(=O)NC(=S)N2CCCC(C(N)=O)C2)cc1. The summed E-state index contributed by atoms with van der Waals surface area (Å²) in [5.74, 6) is -0.0967. The molecule has 0 radical (unpaired) electrons. The van der Waals surface area contributed by atoms with Gasteiger partial charge in [0.2, 0.25) is 11.8 Å². The number of piperidine rings is 1. The first-order chi connectivity index (χ1) is 11.5. The number of hydrogen-bond donors (Lipinski definition) is 2. The zero-order valence-corrected chi connectivity index (χ0v) is 14.3. The molecule has 1 atom stereocenters. The van der Waals surface area contributed by atoms with Gasteiger partial charge in [-0.05, 0) is 48.8 Å². The first-order valence-corrected chi connectivity index (χ1v) is 8.11. The highest BCUT2D eigenvalue weighted by Crippen LogP contribution is 2.16. The summed E-state index contributed by atoms with van der Waals surface area (Å²) in [6.07, 6.45) is 4.70. The molecular weight excluding hydrogens is 326 g/mol. The van der Waals surface area contributed by atoms with E-state index in [4.69, 9.17) is 22.7 Å². The van der Waals surface area contributed by atoms with Crippen LogP contribution in [0.1, 0.15) is 18.4 Å². The molecule has 3 N–H and O–H groups in total. The number of rotatable bonds is 4. The highest BCUT2D eigenvalue weighted by atomic mass is 32.1. The fourth-order valence-electron chi connectivity index (χ4n) is 2.51. The topological polar surface area (TPSA) is 84.7 Å². The predicted molar refractivity (Wildman–Crippen MR) is 96.3 cm³/mol. The Morgan fingerprint density at radius 2 is 2.08 bits per heavy atom. The summed E-state index contributed by atoms with van der Waals surface area (Å²) in [4.78, 5) is 25.1. The molecule has 1 saturated heterocycles. The van der Waals surface area contributed by atoms with Crippen molar-refractivity contribution in [1.82, 2.24) is 10.2 Å². The number of likely N-dealkylation sites (tertiary alicyclic amines) is 1. The van der Waals surface area contributed by atoms with E-state index >= 15 is 0 Å². The summed E-state index contributed by atoms with van der Waals surface area (Å²) < 4.78 is 5.08. The van der Waals surface area contributed by atoms with Crippen molar-refractivity contribution in [2.24, 2.45) is 11.7 Å². The van der Waals surface area contributed by atoms with E-state index < -0.39 is 0 Å². The van der Waals surface area contributed by atoms with Crippen LogP contribution in [0.5, 0.6) is 5.75 Å². The fraction of sp³-hybridized carbons (Fsp3) is 0.353. The van der Waals surface area contributed by atoms with Crippen LogP contribution in [0.4, 0.5) is 0 Å². The molecule has 0 aliphatic carbocycles. The lowest BCUT2D eigenvalue weighted by Gasteiger charge is -2.32. The molecule has 0 bridgehead atoms. The van der Waals surface area contributed by atoms with Gasteiger partial charge in [-0.15, -0.1) is 0 Å². The second-order valence-electron chi connectivity index (χ2n) is 5.59. The maximum absolute atomic E-state index is 12.0. The molecule has 1 aromatic carbocycles. The number of nitrogens with one attached hydrogen (secondary N) is 1. The third-order valence-corrected chi connectivity index (χ3v) is 4.24. The van der Waals surface area contributed by atoms with Gasteiger partial charge in [-0.1, -0.05) is 12.1 Å². The third kappa shape index (κ3) is 5.06. The van der Waals surface area contributed by atoms with E-state index in [0.29, 0.717) is 18.2 Å². The summed E-state index contributed by atoms with van der Waals surface area (Å²) in [5, 5.41) is 2.98. The number of nitrogens with zero attached hydrogens (tertiary/aromatic N) is 1. The number of thiocarbonyl (C=S) groups is 1. The van der Waals surface area contributed by atoms with Crippen LogP contribution >= 0.6 is 12.2 Å². The lowest BCUT2D eigenvalue weighted by Crippen LogP contribution is -2.49. The van der Waals surface area contributed by atoms with E-state index in [1.165, 1.54) is 6.08 Å². The minimum absolute atomic E-state index is 0.219. The Labute approximate surface area is 146 Å². The number of ether oxygens (including phenoxy) is 1. The van der Waals surface area contributed by atoms with Crippen molar-refractivity contribution >= 4 is 35.2 Å². The van der Waals surface area contributed by atoms with Gasteiger partial charge in [0.25, 0.3) is 0 Å². The van der Waals surface area contributed by atoms with Crippen molar-refractivity contribution in [3.05, 3.63) is 35.9 Å². The molecule has 1 aliphatic heterocycles. The van der Waals surface area contributed by atoms with Gasteiger partial charge in [0.15, 0.2) is 5.11 Å². The molecule has 2 rings (SSSR count). The molecule has 1 unspecified atom stereocenters. The smallest absolute Gasteiger partial charge is 0.250 e. The largest absolute Gasteiger partial charge is 0.497 e. The van der Waals surface area contributed by atoms with Crippen LogP contribution in [0.2, 0.25) is 0 Å². The van der Waals surface area contributed by atoms with E-state index in [1.54, 1.807) is 13.2 Å². The van der Waals surface area contributed by atoms with E-state index in [-0.39, 0.29) is 17.7 Å². The fourth-order valence-corrected chi connectivity index (χ4v) is 2.77. The monoisotopic (exact) mass is 347 g/mol. The van der Waals surface area contributed by atoms with Crippen LogP contribution in [-0.2, 0) is 9.59 Å². The zero-order valence-electron chi connectivity index (χ0n) is 13.5. The number of nitrogens with two attached hydrogens (primary N) is 1. The van der Waals surface area contributed by atoms with Crippen LogP contribution in [0.25, 0.3) is 6.08 Å². The number of hydrogen-bond acceptors (Lipinski definition) is 4. The zero-order chi connectivity index (χ0) is 17.5. The molecule has 2 amide bonds. The standard InChI is InChI=1S/C17H21N3O3S/c1-23-14-7-4-12(5-8-14)6-9-15(21)19-17(24)20-10-2-3-13(11-20)16(18)22/h4-9,13H,2-3,10-11H2,1H3,(H2,18,22)(H,19,21,24)/b9-6+. The molecule has 1 aliphatic rings. The molecule has 0 saturated carbocycles. The Bertz CT molecular complexity index is 643. The minimum atomic E-state index is -0.326. The van der Waals surface area contributed by atoms with Gasteiger partial charge < -0.3 is 15.4 Å². The second-order valence-corrected chi connectivity index (χ2v) is 5.98. The van der Waals surface area contributed by atoms with Crippen LogP contribution in [0.15, 0.2) is 30.3 Å². The van der Waals surface area contributed by atoms with Gasteiger partial charge in [0, 0.05) is 19.2 Å². The molecule has 1 heterocycles. The Hall–Kier alpha value is -2.41. The normalized spacial score (nSPS) is 17.5. The van der Waals surface area contributed by atoms with E-state index in [1.807, 2.05) is 29.2 Å². The average Bonchev–Trinajstić information content (AvgIpc) is 2.60. The minimum Gasteiger partial charge on any atom is -0.497 e. The predicted octanol–water partition coefficient (Wildman–Crippen LogP) is 1.31. The molecule has 128 valence electrons. The molecule has 7 heteroatoms. The Balaban J connectivity index is 1.87. The van der Waals surface area contributed by atoms with E-state index in [2.05, 4.69) is 5.32 Å². The Kier molecular flexibility index (Phi) is 6.31. The molecule has 1 aromatic rings. The highest BCUT2D eigenvalue weighted by Gasteiger charge is 2.25. The van der Waals surface area contributed by atoms with Crippen LogP contribution in [0.3, 0.4) is 0 Å². The van der Waals surface area contributed by atoms with Gasteiger partial charge in [0.05, 0.1) is 13.0 Å². The van der Waals surface area contributed by atoms with Crippen molar-refractivity contribution < 1.29 is 14.3 Å². The van der Waals surface area contributed by atoms with Gasteiger partial charge in [-0.3, -0.25) is 14.9 Å². The molecule has 24 heavy (non-hydrogen) atoms. The third-order valence-electron chi connectivity index (χ3n) is 3.88. The van der Waals surface area contributed by atoms with Gasteiger partial charge in [0.1, 0.15) is 5.75 Å². The van der Waals surface area contributed by atoms with Crippen molar-refractivity contribution in [3.8, 4) is 5.75 Å². The summed E-state index contributed by atoms with van der Waals surface area (Å²) in [7, 11) is 1.60. The molecular formula is C17H21N3O3S. The number of carbonyl (C=O) groups is 2. The maximum Gasteiger partial charge on any atom is 0.250 e. The van der Waals surface area contributed by atoms with Gasteiger partial charge in [-0.25, -0.2) is 0 Å². The number of carbonyl (C=O) groups excluding carboxylic acids is 2. The Morgan fingerprint density at radius 3 is 2.71 bits per heavy atom. The van der Waals surface area contributed by atoms with E-state index in [0.717, 1.165) is 24.2 Å². The second kappa shape index (κ2) is 8.44.